The Balaban J connectivity index is 1.61. The summed E-state index contributed by atoms with van der Waals surface area (Å²) in [5, 5.41) is 10.6. The van der Waals surface area contributed by atoms with E-state index in [1.54, 1.807) is 42.4 Å². The Kier molecular flexibility index (Phi) is 4.22. The number of esters is 1. The molecule has 1 aliphatic heterocycles. The lowest BCUT2D eigenvalue weighted by Crippen LogP contribution is -2.40. The van der Waals surface area contributed by atoms with Gasteiger partial charge in [-0.1, -0.05) is 0 Å². The van der Waals surface area contributed by atoms with Crippen LogP contribution in [0.25, 0.3) is 0 Å². The number of nitrogens with one attached hydrogen (secondary N) is 1. The number of benzene rings is 1. The minimum absolute atomic E-state index is 0.205. The van der Waals surface area contributed by atoms with Gasteiger partial charge in [0.05, 0.1) is 18.7 Å². The van der Waals surface area contributed by atoms with Crippen molar-refractivity contribution in [3.63, 3.8) is 0 Å². The molecule has 0 bridgehead atoms. The summed E-state index contributed by atoms with van der Waals surface area (Å²) in [7, 11) is 0. The van der Waals surface area contributed by atoms with E-state index in [0.29, 0.717) is 37.5 Å². The highest BCUT2D eigenvalue weighted by Crippen LogP contribution is 2.14. The molecule has 0 spiro atoms. The Morgan fingerprint density at radius 2 is 2.04 bits per heavy atom. The Bertz CT molecular complexity index is 710. The smallest absolute Gasteiger partial charge is 0.338 e. The number of ether oxygens (including phenoxy) is 1. The van der Waals surface area contributed by atoms with Crippen molar-refractivity contribution in [2.45, 2.75) is 20.0 Å². The number of anilines is 1. The van der Waals surface area contributed by atoms with Gasteiger partial charge in [-0.25, -0.2) is 9.59 Å². The second kappa shape index (κ2) is 6.47. The third-order valence-electron chi connectivity index (χ3n) is 3.57. The topological polar surface area (TPSA) is 89.4 Å². The minimum Gasteiger partial charge on any atom is -0.462 e. The van der Waals surface area contributed by atoms with Crippen molar-refractivity contribution in [1.29, 1.82) is 0 Å². The van der Waals surface area contributed by atoms with Crippen LogP contribution in [0.4, 0.5) is 10.5 Å². The van der Waals surface area contributed by atoms with Crippen molar-refractivity contribution in [2.75, 3.05) is 18.5 Å². The average molecular weight is 315 g/mol. The molecule has 0 radical (unpaired) electrons. The molecule has 2 heterocycles. The SMILES string of the molecule is CCOC(=O)c1ccc(NC(=O)N2CCn3cnnc3C2)cc1. The number of hydrogen-bond donors (Lipinski definition) is 1. The maximum atomic E-state index is 12.3. The van der Waals surface area contributed by atoms with Gasteiger partial charge in [-0.3, -0.25) is 0 Å². The fourth-order valence-corrected chi connectivity index (χ4v) is 2.35. The normalized spacial score (nSPS) is 13.3. The summed E-state index contributed by atoms with van der Waals surface area (Å²) < 4.78 is 6.85. The van der Waals surface area contributed by atoms with Crippen molar-refractivity contribution in [3.05, 3.63) is 42.0 Å². The van der Waals surface area contributed by atoms with Crippen LogP contribution in [0.15, 0.2) is 30.6 Å². The molecule has 0 aliphatic carbocycles. The number of aromatic nitrogens is 3. The van der Waals surface area contributed by atoms with Gasteiger partial charge in [0, 0.05) is 18.8 Å². The summed E-state index contributed by atoms with van der Waals surface area (Å²) in [6, 6.07) is 6.40. The number of hydrogen-bond acceptors (Lipinski definition) is 5. The van der Waals surface area contributed by atoms with E-state index >= 15 is 0 Å². The van der Waals surface area contributed by atoms with Gasteiger partial charge in [-0.05, 0) is 31.2 Å². The second-order valence-electron chi connectivity index (χ2n) is 5.09. The third kappa shape index (κ3) is 3.31. The predicted octanol–water partition coefficient (Wildman–Crippen LogP) is 1.50. The van der Waals surface area contributed by atoms with E-state index in [2.05, 4.69) is 15.5 Å². The molecule has 1 aliphatic rings. The molecule has 1 aromatic heterocycles. The number of carbonyl (C=O) groups excluding carboxylic acids is 2. The quantitative estimate of drug-likeness (QED) is 0.867. The van der Waals surface area contributed by atoms with E-state index in [-0.39, 0.29) is 12.0 Å². The van der Waals surface area contributed by atoms with Gasteiger partial charge in [0.15, 0.2) is 5.82 Å². The van der Waals surface area contributed by atoms with Gasteiger partial charge in [-0.15, -0.1) is 10.2 Å². The first-order valence-corrected chi connectivity index (χ1v) is 7.37. The second-order valence-corrected chi connectivity index (χ2v) is 5.09. The zero-order valence-corrected chi connectivity index (χ0v) is 12.7. The first-order chi connectivity index (χ1) is 11.2. The van der Waals surface area contributed by atoms with Crippen molar-refractivity contribution in [2.24, 2.45) is 0 Å². The number of fused-ring (bicyclic) bond motifs is 1. The Labute approximate surface area is 133 Å². The molecular weight excluding hydrogens is 298 g/mol. The minimum atomic E-state index is -0.374. The molecule has 1 N–H and O–H groups in total. The van der Waals surface area contributed by atoms with Crippen LogP contribution in [0.5, 0.6) is 0 Å². The lowest BCUT2D eigenvalue weighted by Gasteiger charge is -2.27. The van der Waals surface area contributed by atoms with Crippen molar-refractivity contribution in [3.8, 4) is 0 Å². The zero-order valence-electron chi connectivity index (χ0n) is 12.7. The van der Waals surface area contributed by atoms with E-state index < -0.39 is 0 Å². The average Bonchev–Trinajstić information content (AvgIpc) is 3.03. The van der Waals surface area contributed by atoms with Gasteiger partial charge in [0.25, 0.3) is 0 Å². The molecule has 8 heteroatoms. The van der Waals surface area contributed by atoms with Crippen molar-refractivity contribution >= 4 is 17.7 Å². The molecule has 2 aromatic rings. The Morgan fingerprint density at radius 1 is 1.26 bits per heavy atom. The van der Waals surface area contributed by atoms with E-state index in [0.717, 1.165) is 5.82 Å². The molecule has 8 nitrogen and oxygen atoms in total. The van der Waals surface area contributed by atoms with E-state index in [9.17, 15) is 9.59 Å². The molecule has 0 atom stereocenters. The number of urea groups is 1. The van der Waals surface area contributed by atoms with Crippen LogP contribution >= 0.6 is 0 Å². The van der Waals surface area contributed by atoms with Crippen molar-refractivity contribution in [1.82, 2.24) is 19.7 Å². The van der Waals surface area contributed by atoms with E-state index in [1.807, 2.05) is 4.57 Å². The Morgan fingerprint density at radius 3 is 2.78 bits per heavy atom. The molecule has 23 heavy (non-hydrogen) atoms. The van der Waals surface area contributed by atoms with E-state index in [4.69, 9.17) is 4.74 Å². The fraction of sp³-hybridized carbons (Fsp3) is 0.333. The highest BCUT2D eigenvalue weighted by molar-refractivity contribution is 5.92. The summed E-state index contributed by atoms with van der Waals surface area (Å²) in [6.45, 7) is 3.78. The number of amides is 2. The summed E-state index contributed by atoms with van der Waals surface area (Å²) in [4.78, 5) is 25.5. The lowest BCUT2D eigenvalue weighted by atomic mass is 10.2. The summed E-state index contributed by atoms with van der Waals surface area (Å²) >= 11 is 0. The Hall–Kier alpha value is -2.90. The molecule has 3 rings (SSSR count). The molecule has 0 saturated carbocycles. The van der Waals surface area contributed by atoms with Gasteiger partial charge in [0.1, 0.15) is 6.33 Å². The third-order valence-corrected chi connectivity index (χ3v) is 3.57. The molecule has 120 valence electrons. The summed E-state index contributed by atoms with van der Waals surface area (Å²) in [6.07, 6.45) is 1.67. The number of rotatable bonds is 3. The first kappa shape index (κ1) is 15.0. The van der Waals surface area contributed by atoms with Crippen LogP contribution in [0.1, 0.15) is 23.1 Å². The molecule has 2 amide bonds. The van der Waals surface area contributed by atoms with Crippen LogP contribution in [0, 0.1) is 0 Å². The molecule has 0 saturated heterocycles. The van der Waals surface area contributed by atoms with Gasteiger partial charge in [0.2, 0.25) is 0 Å². The highest BCUT2D eigenvalue weighted by atomic mass is 16.5. The standard InChI is InChI=1S/C15H17N5O3/c1-2-23-14(21)11-3-5-12(6-4-11)17-15(22)19-7-8-20-10-16-18-13(20)9-19/h3-6,10H,2,7-9H2,1H3,(H,17,22). The highest BCUT2D eigenvalue weighted by Gasteiger charge is 2.21. The number of carbonyl (C=O) groups is 2. The van der Waals surface area contributed by atoms with Crippen LogP contribution in [-0.2, 0) is 17.8 Å². The van der Waals surface area contributed by atoms with Crippen LogP contribution in [0.2, 0.25) is 0 Å². The van der Waals surface area contributed by atoms with Crippen molar-refractivity contribution < 1.29 is 14.3 Å². The van der Waals surface area contributed by atoms with Gasteiger partial charge < -0.3 is 19.5 Å². The van der Waals surface area contributed by atoms with Gasteiger partial charge in [-0.2, -0.15) is 0 Å². The van der Waals surface area contributed by atoms with Gasteiger partial charge >= 0.3 is 12.0 Å². The van der Waals surface area contributed by atoms with Crippen LogP contribution in [-0.4, -0.2) is 44.8 Å². The summed E-state index contributed by atoms with van der Waals surface area (Å²) in [5.41, 5.74) is 1.08. The summed E-state index contributed by atoms with van der Waals surface area (Å²) in [5.74, 6) is 0.393. The lowest BCUT2D eigenvalue weighted by molar-refractivity contribution is 0.0526. The van der Waals surface area contributed by atoms with Crippen LogP contribution in [0.3, 0.4) is 0 Å². The first-order valence-electron chi connectivity index (χ1n) is 7.37. The maximum Gasteiger partial charge on any atom is 0.338 e. The maximum absolute atomic E-state index is 12.3. The molecule has 0 fully saturated rings. The predicted molar refractivity (Wildman–Crippen MR) is 81.8 cm³/mol. The monoisotopic (exact) mass is 315 g/mol. The largest absolute Gasteiger partial charge is 0.462 e. The number of nitrogens with zero attached hydrogens (tertiary/aromatic N) is 4. The molecular formula is C15H17N5O3. The van der Waals surface area contributed by atoms with E-state index in [1.165, 1.54) is 0 Å². The molecule has 0 unspecified atom stereocenters. The zero-order chi connectivity index (χ0) is 16.2. The van der Waals surface area contributed by atoms with Crippen LogP contribution < -0.4 is 5.32 Å². The molecule has 1 aromatic carbocycles. The fourth-order valence-electron chi connectivity index (χ4n) is 2.35.